The maximum atomic E-state index is 11.9. The van der Waals surface area contributed by atoms with Gasteiger partial charge in [0, 0.05) is 11.4 Å². The first-order valence-electron chi connectivity index (χ1n) is 8.91. The highest BCUT2D eigenvalue weighted by Gasteiger charge is 2.08. The molecule has 0 aliphatic carbocycles. The zero-order valence-electron chi connectivity index (χ0n) is 16.1. The van der Waals surface area contributed by atoms with Gasteiger partial charge >= 0.3 is 0 Å². The minimum absolute atomic E-state index is 0.202. The van der Waals surface area contributed by atoms with Crippen LogP contribution in [0.3, 0.4) is 0 Å². The second-order valence-electron chi connectivity index (χ2n) is 6.05. The van der Waals surface area contributed by atoms with Crippen LogP contribution in [0, 0.1) is 6.92 Å². The number of para-hydroxylation sites is 1. The summed E-state index contributed by atoms with van der Waals surface area (Å²) in [6, 6.07) is 17.9. The molecule has 0 radical (unpaired) electrons. The number of carbonyl (C=O) groups excluding carboxylic acids is 1. The molecular weight excluding hydrogens is 455 g/mol. The number of nitrogens with zero attached hydrogens (tertiary/aromatic N) is 3. The quantitative estimate of drug-likeness (QED) is 0.200. The number of thioether (sulfide) groups is 2. The van der Waals surface area contributed by atoms with Crippen molar-refractivity contribution in [3.05, 3.63) is 65.7 Å². The molecule has 0 aliphatic rings. The molecule has 0 atom stereocenters. The van der Waals surface area contributed by atoms with E-state index < -0.39 is 0 Å². The van der Waals surface area contributed by atoms with Crippen LogP contribution < -0.4 is 10.7 Å². The van der Waals surface area contributed by atoms with Gasteiger partial charge in [-0.15, -0.1) is 10.2 Å². The van der Waals surface area contributed by atoms with E-state index in [1.807, 2.05) is 30.3 Å². The highest BCUT2D eigenvalue weighted by atomic mass is 32.2. The maximum absolute atomic E-state index is 11.9. The number of rotatable bonds is 9. The fourth-order valence-corrected chi connectivity index (χ4v) is 5.10. The van der Waals surface area contributed by atoms with Gasteiger partial charge in [0.25, 0.3) is 5.91 Å². The third-order valence-corrected chi connectivity index (χ3v) is 7.08. The van der Waals surface area contributed by atoms with Gasteiger partial charge in [-0.3, -0.25) is 4.79 Å². The van der Waals surface area contributed by atoms with Crippen molar-refractivity contribution in [2.24, 2.45) is 5.10 Å². The average Bonchev–Trinajstić information content (AvgIpc) is 3.20. The van der Waals surface area contributed by atoms with Crippen molar-refractivity contribution >= 4 is 69.9 Å². The summed E-state index contributed by atoms with van der Waals surface area (Å²) in [4.78, 5) is 12.4. The Morgan fingerprint density at radius 2 is 1.80 bits per heavy atom. The van der Waals surface area contributed by atoms with Gasteiger partial charge in [0.1, 0.15) is 4.99 Å². The van der Waals surface area contributed by atoms with Gasteiger partial charge in [-0.1, -0.05) is 95.1 Å². The standard InChI is InChI=1S/C20H19N5OS4/c1-14-7-9-15(10-8-14)12-28-19-24-25-20(30-19)29-13-17(26)23-21-11-18(27)22-16-5-3-2-4-6-16/h2-11H,12-13H2,1H3,(H,22,27)(H,23,26)/b21-11-. The van der Waals surface area contributed by atoms with Crippen LogP contribution in [0.4, 0.5) is 5.69 Å². The largest absolute Gasteiger partial charge is 0.345 e. The fourth-order valence-electron chi connectivity index (χ4n) is 2.16. The van der Waals surface area contributed by atoms with Crippen LogP contribution in [-0.4, -0.2) is 33.1 Å². The number of thiocarbonyl (C=S) groups is 1. The predicted molar refractivity (Wildman–Crippen MR) is 131 cm³/mol. The van der Waals surface area contributed by atoms with Crippen molar-refractivity contribution in [2.45, 2.75) is 21.4 Å². The molecule has 0 bridgehead atoms. The summed E-state index contributed by atoms with van der Waals surface area (Å²) in [7, 11) is 0. The van der Waals surface area contributed by atoms with E-state index in [9.17, 15) is 4.79 Å². The molecule has 10 heteroatoms. The van der Waals surface area contributed by atoms with Crippen molar-refractivity contribution < 1.29 is 4.79 Å². The van der Waals surface area contributed by atoms with E-state index in [2.05, 4.69) is 57.2 Å². The molecule has 6 nitrogen and oxygen atoms in total. The van der Waals surface area contributed by atoms with Crippen molar-refractivity contribution in [1.29, 1.82) is 0 Å². The lowest BCUT2D eigenvalue weighted by Gasteiger charge is -2.03. The molecular formula is C20H19N5OS4. The Morgan fingerprint density at radius 3 is 2.53 bits per heavy atom. The topological polar surface area (TPSA) is 79.3 Å². The Bertz CT molecular complexity index is 1010. The first-order valence-corrected chi connectivity index (χ1v) is 12.1. The number of benzene rings is 2. The Kier molecular flexibility index (Phi) is 8.81. The van der Waals surface area contributed by atoms with Crippen LogP contribution in [0.15, 0.2) is 68.4 Å². The van der Waals surface area contributed by atoms with Crippen molar-refractivity contribution in [2.75, 3.05) is 11.1 Å². The van der Waals surface area contributed by atoms with E-state index in [4.69, 9.17) is 12.2 Å². The lowest BCUT2D eigenvalue weighted by Crippen LogP contribution is -2.21. The Balaban J connectivity index is 1.36. The Hall–Kier alpha value is -2.27. The van der Waals surface area contributed by atoms with Crippen LogP contribution >= 0.6 is 47.1 Å². The SMILES string of the molecule is Cc1ccc(CSc2nnc(SCC(=O)N/N=C\C(=S)Nc3ccccc3)s2)cc1. The molecule has 0 saturated heterocycles. The maximum Gasteiger partial charge on any atom is 0.250 e. The number of hydrogen-bond acceptors (Lipinski definition) is 8. The molecule has 1 aromatic heterocycles. The van der Waals surface area contributed by atoms with Gasteiger partial charge in [-0.25, -0.2) is 5.43 Å². The van der Waals surface area contributed by atoms with Gasteiger partial charge in [-0.2, -0.15) is 5.10 Å². The molecule has 2 aromatic carbocycles. The molecule has 3 rings (SSSR count). The van der Waals surface area contributed by atoms with E-state index in [1.54, 1.807) is 11.8 Å². The lowest BCUT2D eigenvalue weighted by molar-refractivity contribution is -0.118. The van der Waals surface area contributed by atoms with Gasteiger partial charge in [0.15, 0.2) is 8.68 Å². The highest BCUT2D eigenvalue weighted by molar-refractivity contribution is 8.03. The van der Waals surface area contributed by atoms with E-state index in [0.29, 0.717) is 4.99 Å². The third kappa shape index (κ3) is 7.86. The molecule has 2 N–H and O–H groups in total. The summed E-state index contributed by atoms with van der Waals surface area (Å²) in [6.07, 6.45) is 1.40. The Labute approximate surface area is 193 Å². The average molecular weight is 474 g/mol. The van der Waals surface area contributed by atoms with Gasteiger partial charge < -0.3 is 5.32 Å². The summed E-state index contributed by atoms with van der Waals surface area (Å²) in [5, 5.41) is 15.2. The number of aromatic nitrogens is 2. The fraction of sp³-hybridized carbons (Fsp3) is 0.150. The van der Waals surface area contributed by atoms with E-state index in [0.717, 1.165) is 20.1 Å². The first-order chi connectivity index (χ1) is 14.6. The minimum atomic E-state index is -0.234. The van der Waals surface area contributed by atoms with Crippen LogP contribution in [0.2, 0.25) is 0 Å². The van der Waals surface area contributed by atoms with E-state index >= 15 is 0 Å². The zero-order valence-corrected chi connectivity index (χ0v) is 19.3. The summed E-state index contributed by atoms with van der Waals surface area (Å²) < 4.78 is 1.63. The van der Waals surface area contributed by atoms with Crippen molar-refractivity contribution in [1.82, 2.24) is 15.6 Å². The molecule has 30 heavy (non-hydrogen) atoms. The molecule has 0 fully saturated rings. The number of hydrogen-bond donors (Lipinski definition) is 2. The normalized spacial score (nSPS) is 10.8. The molecule has 0 unspecified atom stereocenters. The van der Waals surface area contributed by atoms with Gasteiger partial charge in [-0.05, 0) is 24.6 Å². The van der Waals surface area contributed by atoms with Crippen LogP contribution in [0.5, 0.6) is 0 Å². The summed E-state index contributed by atoms with van der Waals surface area (Å²) >= 11 is 9.61. The minimum Gasteiger partial charge on any atom is -0.345 e. The molecule has 1 heterocycles. The highest BCUT2D eigenvalue weighted by Crippen LogP contribution is 2.30. The van der Waals surface area contributed by atoms with Crippen LogP contribution in [0.1, 0.15) is 11.1 Å². The second kappa shape index (κ2) is 11.8. The molecule has 1 amide bonds. The number of amides is 1. The summed E-state index contributed by atoms with van der Waals surface area (Å²) in [6.45, 7) is 2.07. The Morgan fingerprint density at radius 1 is 1.10 bits per heavy atom. The molecule has 0 aliphatic heterocycles. The monoisotopic (exact) mass is 473 g/mol. The number of anilines is 1. The van der Waals surface area contributed by atoms with Crippen molar-refractivity contribution in [3.8, 4) is 0 Å². The predicted octanol–water partition coefficient (Wildman–Crippen LogP) is 4.77. The summed E-state index contributed by atoms with van der Waals surface area (Å²) in [5.41, 5.74) is 5.81. The zero-order chi connectivity index (χ0) is 21.2. The van der Waals surface area contributed by atoms with Crippen LogP contribution in [0.25, 0.3) is 0 Å². The van der Waals surface area contributed by atoms with Gasteiger partial charge in [0.05, 0.1) is 12.0 Å². The number of carbonyl (C=O) groups is 1. The van der Waals surface area contributed by atoms with E-state index in [1.165, 1.54) is 40.4 Å². The lowest BCUT2D eigenvalue weighted by atomic mass is 10.2. The van der Waals surface area contributed by atoms with Crippen LogP contribution in [-0.2, 0) is 10.5 Å². The molecule has 154 valence electrons. The number of hydrazone groups is 1. The molecule has 0 saturated carbocycles. The summed E-state index contributed by atoms with van der Waals surface area (Å²) in [5.74, 6) is 0.807. The number of aryl methyl sites for hydroxylation is 1. The van der Waals surface area contributed by atoms with E-state index in [-0.39, 0.29) is 11.7 Å². The van der Waals surface area contributed by atoms with Crippen molar-refractivity contribution in [3.63, 3.8) is 0 Å². The first kappa shape index (κ1) is 22.4. The smallest absolute Gasteiger partial charge is 0.250 e. The molecule has 3 aromatic rings. The molecule has 0 spiro atoms. The second-order valence-corrected chi connectivity index (χ2v) is 9.91. The number of nitrogens with one attached hydrogen (secondary N) is 2. The third-order valence-electron chi connectivity index (χ3n) is 3.61. The van der Waals surface area contributed by atoms with Gasteiger partial charge in [0.2, 0.25) is 0 Å².